The van der Waals surface area contributed by atoms with E-state index in [1.165, 1.54) is 41.6 Å². The van der Waals surface area contributed by atoms with E-state index >= 15 is 4.39 Å². The number of amides is 1. The maximum absolute atomic E-state index is 16.0. The van der Waals surface area contributed by atoms with Gasteiger partial charge in [0.05, 0.1) is 16.5 Å². The second-order valence-corrected chi connectivity index (χ2v) is 8.65. The van der Waals surface area contributed by atoms with Gasteiger partial charge in [-0.2, -0.15) is 0 Å². The molecular formula is C25H23F4N5O2. The number of nitrogens with one attached hydrogen (secondary N) is 1. The molecule has 1 aliphatic heterocycles. The highest BCUT2D eigenvalue weighted by Crippen LogP contribution is 2.37. The molecule has 1 amide bonds. The van der Waals surface area contributed by atoms with Crippen LogP contribution in [0.25, 0.3) is 11.0 Å². The molecule has 0 unspecified atom stereocenters. The maximum atomic E-state index is 16.0. The van der Waals surface area contributed by atoms with Crippen LogP contribution < -0.4 is 10.9 Å². The third kappa shape index (κ3) is 4.39. The number of likely N-dealkylation sites (tertiary alicyclic amines) is 1. The zero-order valence-electron chi connectivity index (χ0n) is 19.6. The number of hydrogen-bond donors (Lipinski definition) is 1. The van der Waals surface area contributed by atoms with Crippen molar-refractivity contribution in [1.82, 2.24) is 19.4 Å². The Hall–Kier alpha value is -3.94. The Labute approximate surface area is 204 Å². The fourth-order valence-electron chi connectivity index (χ4n) is 4.46. The predicted molar refractivity (Wildman–Crippen MR) is 126 cm³/mol. The van der Waals surface area contributed by atoms with E-state index in [1.54, 1.807) is 0 Å². The summed E-state index contributed by atoms with van der Waals surface area (Å²) < 4.78 is 58.4. The van der Waals surface area contributed by atoms with Crippen LogP contribution in [0.3, 0.4) is 0 Å². The molecule has 1 atom stereocenters. The number of aromatic nitrogens is 3. The van der Waals surface area contributed by atoms with Crippen molar-refractivity contribution in [2.75, 3.05) is 18.4 Å². The summed E-state index contributed by atoms with van der Waals surface area (Å²) >= 11 is 0. The van der Waals surface area contributed by atoms with Crippen LogP contribution in [0.4, 0.5) is 23.4 Å². The van der Waals surface area contributed by atoms with E-state index in [1.807, 2.05) is 0 Å². The number of hydrogen-bond acceptors (Lipinski definition) is 5. The summed E-state index contributed by atoms with van der Waals surface area (Å²) in [6, 6.07) is 3.66. The lowest BCUT2D eigenvalue weighted by molar-refractivity contribution is -0.131. The van der Waals surface area contributed by atoms with Crippen molar-refractivity contribution in [1.29, 1.82) is 0 Å². The van der Waals surface area contributed by atoms with Gasteiger partial charge in [-0.25, -0.2) is 27.5 Å². The molecule has 4 rings (SSSR count). The number of carbonyl (C=O) groups is 1. The van der Waals surface area contributed by atoms with Crippen molar-refractivity contribution in [2.24, 2.45) is 7.05 Å². The van der Waals surface area contributed by atoms with Gasteiger partial charge in [-0.1, -0.05) is 24.1 Å². The molecule has 3 heterocycles. The van der Waals surface area contributed by atoms with E-state index < -0.39 is 35.1 Å². The maximum Gasteiger partial charge on any atom is 0.266 e. The fraction of sp³-hybridized carbons (Fsp3) is 0.360. The highest BCUT2D eigenvalue weighted by molar-refractivity contribution is 5.87. The average Bonchev–Trinajstić information content (AvgIpc) is 2.85. The van der Waals surface area contributed by atoms with Gasteiger partial charge >= 0.3 is 0 Å². The normalized spacial score (nSPS) is 16.1. The van der Waals surface area contributed by atoms with E-state index in [0.717, 1.165) is 12.4 Å². The number of piperidine rings is 1. The van der Waals surface area contributed by atoms with Crippen LogP contribution in [0.2, 0.25) is 0 Å². The predicted octanol–water partition coefficient (Wildman–Crippen LogP) is 4.00. The summed E-state index contributed by atoms with van der Waals surface area (Å²) in [5, 5.41) is 3.09. The molecule has 1 aromatic carbocycles. The Morgan fingerprint density at radius 1 is 1.22 bits per heavy atom. The molecule has 7 nitrogen and oxygen atoms in total. The lowest BCUT2D eigenvalue weighted by Gasteiger charge is -2.36. The largest absolute Gasteiger partial charge is 0.352 e. The smallest absolute Gasteiger partial charge is 0.266 e. The zero-order valence-corrected chi connectivity index (χ0v) is 19.6. The Morgan fingerprint density at radius 2 is 1.89 bits per heavy atom. The molecule has 188 valence electrons. The molecule has 1 fully saturated rings. The SMILES string of the molecule is C#C[C@@H](Nc1ncnc2c1cc(C1(F)CCN(C(C)=O)CC1)c(=O)n2C)c1cccc(C(F)F)c1F. The van der Waals surface area contributed by atoms with Gasteiger partial charge in [-0.15, -0.1) is 6.42 Å². The molecule has 0 radical (unpaired) electrons. The lowest BCUT2D eigenvalue weighted by Crippen LogP contribution is -2.45. The van der Waals surface area contributed by atoms with E-state index in [-0.39, 0.29) is 59.8 Å². The summed E-state index contributed by atoms with van der Waals surface area (Å²) in [7, 11) is 1.43. The van der Waals surface area contributed by atoms with E-state index in [0.29, 0.717) is 0 Å². The first-order valence-electron chi connectivity index (χ1n) is 11.2. The third-order valence-corrected chi connectivity index (χ3v) is 6.54. The van der Waals surface area contributed by atoms with Crippen LogP contribution in [0.15, 0.2) is 35.4 Å². The number of rotatable bonds is 5. The summed E-state index contributed by atoms with van der Waals surface area (Å²) in [6.07, 6.45) is 3.58. The number of alkyl halides is 3. The van der Waals surface area contributed by atoms with Gasteiger partial charge in [0.25, 0.3) is 12.0 Å². The van der Waals surface area contributed by atoms with Crippen LogP contribution in [0.1, 0.15) is 48.9 Å². The van der Waals surface area contributed by atoms with Crippen molar-refractivity contribution in [3.05, 3.63) is 63.5 Å². The van der Waals surface area contributed by atoms with Crippen LogP contribution >= 0.6 is 0 Å². The molecule has 0 bridgehead atoms. The van der Waals surface area contributed by atoms with Gasteiger partial charge < -0.3 is 10.2 Å². The number of aryl methyl sites for hydroxylation is 1. The van der Waals surface area contributed by atoms with Gasteiger partial charge in [-0.3, -0.25) is 14.2 Å². The molecule has 1 saturated heterocycles. The van der Waals surface area contributed by atoms with Crippen molar-refractivity contribution < 1.29 is 22.4 Å². The quantitative estimate of drug-likeness (QED) is 0.422. The number of anilines is 1. The summed E-state index contributed by atoms with van der Waals surface area (Å²) in [5.74, 6) is 1.09. The van der Waals surface area contributed by atoms with Gasteiger partial charge in [0.15, 0.2) is 0 Å². The van der Waals surface area contributed by atoms with Gasteiger partial charge in [-0.05, 0) is 6.07 Å². The van der Waals surface area contributed by atoms with Crippen molar-refractivity contribution in [2.45, 2.75) is 37.9 Å². The average molecular weight is 501 g/mol. The lowest BCUT2D eigenvalue weighted by atomic mass is 9.86. The topological polar surface area (TPSA) is 80.1 Å². The molecule has 0 saturated carbocycles. The number of nitrogens with zero attached hydrogens (tertiary/aromatic N) is 4. The summed E-state index contributed by atoms with van der Waals surface area (Å²) in [6.45, 7) is 1.71. The Morgan fingerprint density at radius 3 is 2.50 bits per heavy atom. The molecule has 1 aliphatic rings. The fourth-order valence-corrected chi connectivity index (χ4v) is 4.46. The first-order valence-corrected chi connectivity index (χ1v) is 11.2. The third-order valence-electron chi connectivity index (χ3n) is 6.54. The summed E-state index contributed by atoms with van der Waals surface area (Å²) in [4.78, 5) is 34.5. The minimum absolute atomic E-state index is 0.0671. The number of fused-ring (bicyclic) bond motifs is 1. The first kappa shape index (κ1) is 25.2. The molecular weight excluding hydrogens is 478 g/mol. The van der Waals surface area contributed by atoms with Crippen molar-refractivity contribution in [3.63, 3.8) is 0 Å². The zero-order chi connectivity index (χ0) is 26.2. The first-order chi connectivity index (χ1) is 17.1. The number of terminal acetylenes is 1. The van der Waals surface area contributed by atoms with Gasteiger partial charge in [0, 0.05) is 45.5 Å². The molecule has 3 aromatic rings. The van der Waals surface area contributed by atoms with E-state index in [9.17, 15) is 22.8 Å². The van der Waals surface area contributed by atoms with Crippen molar-refractivity contribution in [3.8, 4) is 12.3 Å². The number of halogens is 4. The number of carbonyl (C=O) groups excluding carboxylic acids is 1. The second-order valence-electron chi connectivity index (χ2n) is 8.65. The highest BCUT2D eigenvalue weighted by atomic mass is 19.3. The minimum atomic E-state index is -3.03. The number of pyridine rings is 1. The van der Waals surface area contributed by atoms with Gasteiger partial charge in [0.2, 0.25) is 5.91 Å². The standard InChI is InChI=1S/C25H23F4N5O2/c1-4-19(15-6-5-7-16(20(15)26)21(27)28)32-22-17-12-18(24(36)33(3)23(17)31-13-30-22)25(29)8-10-34(11-9-25)14(2)35/h1,5-7,12-13,19,21H,8-11H2,2-3H3,(H,30,31,32)/t19-/m1/s1. The van der Waals surface area contributed by atoms with E-state index in [2.05, 4.69) is 21.2 Å². The van der Waals surface area contributed by atoms with Crippen molar-refractivity contribution >= 4 is 22.8 Å². The highest BCUT2D eigenvalue weighted by Gasteiger charge is 2.40. The van der Waals surface area contributed by atoms with Crippen LogP contribution in [-0.4, -0.2) is 38.4 Å². The molecule has 36 heavy (non-hydrogen) atoms. The molecule has 0 aliphatic carbocycles. The van der Waals surface area contributed by atoms with Gasteiger partial charge in [0.1, 0.15) is 35.3 Å². The monoisotopic (exact) mass is 501 g/mol. The van der Waals surface area contributed by atoms with Crippen LogP contribution in [0, 0.1) is 18.2 Å². The molecule has 1 N–H and O–H groups in total. The molecule has 11 heteroatoms. The Kier molecular flexibility index (Phi) is 6.71. The summed E-state index contributed by atoms with van der Waals surface area (Å²) in [5.41, 5.74) is -3.51. The van der Waals surface area contributed by atoms with Crippen LogP contribution in [0.5, 0.6) is 0 Å². The minimum Gasteiger partial charge on any atom is -0.352 e. The van der Waals surface area contributed by atoms with Crippen LogP contribution in [-0.2, 0) is 17.5 Å². The van der Waals surface area contributed by atoms with E-state index in [4.69, 9.17) is 6.42 Å². The Balaban J connectivity index is 1.78. The Bertz CT molecular complexity index is 1420. The molecule has 2 aromatic heterocycles. The number of benzene rings is 1. The molecule has 0 spiro atoms. The second kappa shape index (κ2) is 9.60.